The van der Waals surface area contributed by atoms with E-state index in [0.29, 0.717) is 5.92 Å². The van der Waals surface area contributed by atoms with Crippen molar-refractivity contribution in [2.24, 2.45) is 5.92 Å². The molecule has 0 aliphatic carbocycles. The van der Waals surface area contributed by atoms with Crippen LogP contribution >= 0.6 is 0 Å². The second-order valence-electron chi connectivity index (χ2n) is 3.21. The first kappa shape index (κ1) is 9.11. The van der Waals surface area contributed by atoms with Crippen molar-refractivity contribution in [1.29, 1.82) is 0 Å². The van der Waals surface area contributed by atoms with E-state index in [1.54, 1.807) is 6.08 Å². The predicted octanol–water partition coefficient (Wildman–Crippen LogP) is 3.06. The van der Waals surface area contributed by atoms with Crippen molar-refractivity contribution in [2.45, 2.75) is 20.3 Å². The zero-order valence-corrected chi connectivity index (χ0v) is 7.84. The second-order valence-corrected chi connectivity index (χ2v) is 3.21. The molecule has 0 radical (unpaired) electrons. The molecule has 1 aliphatic rings. The van der Waals surface area contributed by atoms with Gasteiger partial charge in [-0.15, -0.1) is 0 Å². The minimum absolute atomic E-state index is 0.625. The van der Waals surface area contributed by atoms with Gasteiger partial charge in [0, 0.05) is 0 Å². The van der Waals surface area contributed by atoms with Gasteiger partial charge in [-0.2, -0.15) is 0 Å². The van der Waals surface area contributed by atoms with Crippen molar-refractivity contribution in [1.82, 2.24) is 0 Å². The van der Waals surface area contributed by atoms with Crippen LogP contribution in [0.1, 0.15) is 20.3 Å². The number of hydrogen-bond acceptors (Lipinski definition) is 1. The van der Waals surface area contributed by atoms with Crippen LogP contribution in [0, 0.1) is 5.92 Å². The lowest BCUT2D eigenvalue weighted by Gasteiger charge is -2.22. The Morgan fingerprint density at radius 2 is 2.33 bits per heavy atom. The number of rotatable bonds is 2. The average molecular weight is 164 g/mol. The zero-order chi connectivity index (χ0) is 8.97. The maximum Gasteiger partial charge on any atom is 0.121 e. The third-order valence-electron chi connectivity index (χ3n) is 1.96. The molecular weight excluding hydrogens is 148 g/mol. The number of allylic oxidation sites excluding steroid dienone is 4. The topological polar surface area (TPSA) is 9.23 Å². The Balaban J connectivity index is 2.84. The van der Waals surface area contributed by atoms with Gasteiger partial charge in [-0.05, 0) is 30.9 Å². The maximum atomic E-state index is 5.51. The van der Waals surface area contributed by atoms with Gasteiger partial charge in [0.05, 0.1) is 6.61 Å². The SMILES string of the molecule is C=CC1=C(/C=C\C)CC(C)CO1. The first-order valence-corrected chi connectivity index (χ1v) is 4.39. The highest BCUT2D eigenvalue weighted by Gasteiger charge is 2.14. The fraction of sp³-hybridized carbons (Fsp3) is 0.455. The summed E-state index contributed by atoms with van der Waals surface area (Å²) < 4.78 is 5.51. The van der Waals surface area contributed by atoms with Gasteiger partial charge in [0.2, 0.25) is 0 Å². The minimum Gasteiger partial charge on any atom is -0.493 e. The van der Waals surface area contributed by atoms with Gasteiger partial charge < -0.3 is 4.74 Å². The normalized spacial score (nSPS) is 24.3. The smallest absolute Gasteiger partial charge is 0.121 e. The van der Waals surface area contributed by atoms with Gasteiger partial charge in [-0.1, -0.05) is 25.7 Å². The van der Waals surface area contributed by atoms with E-state index in [-0.39, 0.29) is 0 Å². The molecule has 66 valence electrons. The third-order valence-corrected chi connectivity index (χ3v) is 1.96. The van der Waals surface area contributed by atoms with Crippen molar-refractivity contribution in [3.05, 3.63) is 36.1 Å². The average Bonchev–Trinajstić information content (AvgIpc) is 2.05. The van der Waals surface area contributed by atoms with Crippen LogP contribution in [-0.4, -0.2) is 6.61 Å². The second kappa shape index (κ2) is 4.15. The molecule has 1 aliphatic heterocycles. The van der Waals surface area contributed by atoms with Crippen molar-refractivity contribution in [3.8, 4) is 0 Å². The summed E-state index contributed by atoms with van der Waals surface area (Å²) in [5.41, 5.74) is 1.27. The van der Waals surface area contributed by atoms with Crippen LogP contribution < -0.4 is 0 Å². The fourth-order valence-electron chi connectivity index (χ4n) is 1.40. The molecule has 0 saturated heterocycles. The maximum absolute atomic E-state index is 5.51. The van der Waals surface area contributed by atoms with E-state index in [1.165, 1.54) is 5.57 Å². The Bertz CT molecular complexity index is 223. The molecule has 1 heteroatoms. The quantitative estimate of drug-likeness (QED) is 0.609. The molecule has 1 unspecified atom stereocenters. The third kappa shape index (κ3) is 2.00. The molecule has 0 amide bonds. The van der Waals surface area contributed by atoms with Gasteiger partial charge in [0.15, 0.2) is 0 Å². The zero-order valence-electron chi connectivity index (χ0n) is 7.84. The van der Waals surface area contributed by atoms with Gasteiger partial charge in [0.25, 0.3) is 0 Å². The highest BCUT2D eigenvalue weighted by Crippen LogP contribution is 2.24. The molecule has 1 atom stereocenters. The van der Waals surface area contributed by atoms with E-state index < -0.39 is 0 Å². The van der Waals surface area contributed by atoms with Crippen LogP contribution in [0.3, 0.4) is 0 Å². The van der Waals surface area contributed by atoms with Gasteiger partial charge >= 0.3 is 0 Å². The molecule has 0 aromatic rings. The molecule has 1 heterocycles. The molecular formula is C11H16O. The number of ether oxygens (including phenoxy) is 1. The van der Waals surface area contributed by atoms with Crippen molar-refractivity contribution < 1.29 is 4.74 Å². The molecule has 0 bridgehead atoms. The highest BCUT2D eigenvalue weighted by molar-refractivity contribution is 5.29. The van der Waals surface area contributed by atoms with E-state index in [9.17, 15) is 0 Å². The monoisotopic (exact) mass is 164 g/mol. The Kier molecular flexibility index (Phi) is 3.15. The first-order valence-electron chi connectivity index (χ1n) is 4.39. The van der Waals surface area contributed by atoms with Crippen molar-refractivity contribution >= 4 is 0 Å². The molecule has 0 fully saturated rings. The van der Waals surface area contributed by atoms with E-state index in [1.807, 2.05) is 13.0 Å². The first-order chi connectivity index (χ1) is 5.77. The van der Waals surface area contributed by atoms with E-state index in [4.69, 9.17) is 4.74 Å². The van der Waals surface area contributed by atoms with Crippen LogP contribution in [0.25, 0.3) is 0 Å². The Morgan fingerprint density at radius 1 is 1.58 bits per heavy atom. The van der Waals surface area contributed by atoms with Gasteiger partial charge in [0.1, 0.15) is 5.76 Å². The lowest BCUT2D eigenvalue weighted by molar-refractivity contribution is 0.160. The Hall–Kier alpha value is -0.980. The largest absolute Gasteiger partial charge is 0.493 e. The van der Waals surface area contributed by atoms with E-state index >= 15 is 0 Å². The van der Waals surface area contributed by atoms with Crippen LogP contribution in [0.4, 0.5) is 0 Å². The summed E-state index contributed by atoms with van der Waals surface area (Å²) in [5.74, 6) is 1.58. The highest BCUT2D eigenvalue weighted by atomic mass is 16.5. The molecule has 1 nitrogen and oxygen atoms in total. The molecule has 0 aromatic heterocycles. The standard InChI is InChI=1S/C11H16O/c1-4-6-10-7-9(3)8-12-11(10)5-2/h4-6,9H,2,7-8H2,1,3H3/b6-4-. The van der Waals surface area contributed by atoms with Crippen LogP contribution in [0.2, 0.25) is 0 Å². The van der Waals surface area contributed by atoms with Crippen LogP contribution in [0.15, 0.2) is 36.1 Å². The summed E-state index contributed by atoms with van der Waals surface area (Å²) in [5, 5.41) is 0. The summed E-state index contributed by atoms with van der Waals surface area (Å²) in [6, 6.07) is 0. The molecule has 0 spiro atoms. The Morgan fingerprint density at radius 3 is 2.92 bits per heavy atom. The van der Waals surface area contributed by atoms with Gasteiger partial charge in [-0.3, -0.25) is 0 Å². The minimum atomic E-state index is 0.625. The van der Waals surface area contributed by atoms with Gasteiger partial charge in [-0.25, -0.2) is 0 Å². The molecule has 0 aromatic carbocycles. The van der Waals surface area contributed by atoms with Crippen LogP contribution in [-0.2, 0) is 4.74 Å². The summed E-state index contributed by atoms with van der Waals surface area (Å²) in [6.45, 7) is 8.77. The Labute approximate surface area is 74.4 Å². The lowest BCUT2D eigenvalue weighted by Crippen LogP contribution is -2.13. The van der Waals surface area contributed by atoms with E-state index in [0.717, 1.165) is 18.8 Å². The van der Waals surface area contributed by atoms with Crippen molar-refractivity contribution in [2.75, 3.05) is 6.61 Å². The number of hydrogen-bond donors (Lipinski definition) is 0. The predicted molar refractivity (Wildman–Crippen MR) is 51.8 cm³/mol. The summed E-state index contributed by atoms with van der Waals surface area (Å²) in [7, 11) is 0. The fourth-order valence-corrected chi connectivity index (χ4v) is 1.40. The molecule has 12 heavy (non-hydrogen) atoms. The van der Waals surface area contributed by atoms with Crippen LogP contribution in [0.5, 0.6) is 0 Å². The van der Waals surface area contributed by atoms with Crippen molar-refractivity contribution in [3.63, 3.8) is 0 Å². The molecule has 0 N–H and O–H groups in total. The van der Waals surface area contributed by atoms with E-state index in [2.05, 4.69) is 19.6 Å². The summed E-state index contributed by atoms with van der Waals surface area (Å²) in [4.78, 5) is 0. The summed E-state index contributed by atoms with van der Waals surface area (Å²) in [6.07, 6.45) is 7.04. The molecule has 1 rings (SSSR count). The summed E-state index contributed by atoms with van der Waals surface area (Å²) >= 11 is 0. The lowest BCUT2D eigenvalue weighted by atomic mass is 9.98. The molecule has 0 saturated carbocycles.